The van der Waals surface area contributed by atoms with Crippen LogP contribution >= 0.6 is 11.8 Å². The van der Waals surface area contributed by atoms with E-state index < -0.39 is 11.1 Å². The summed E-state index contributed by atoms with van der Waals surface area (Å²) in [5, 5.41) is 2.57. The maximum Gasteiger partial charge on any atom is 0.243 e. The molecule has 1 fully saturated rings. The van der Waals surface area contributed by atoms with Crippen molar-refractivity contribution in [2.24, 2.45) is 0 Å². The largest absolute Gasteiger partial charge is 0.376 e. The molecule has 1 N–H and O–H groups in total. The van der Waals surface area contributed by atoms with Gasteiger partial charge in [-0.05, 0) is 73.0 Å². The van der Waals surface area contributed by atoms with Crippen LogP contribution in [0.5, 0.6) is 0 Å². The molecule has 0 saturated carbocycles. The van der Waals surface area contributed by atoms with E-state index >= 15 is 0 Å². The second-order valence-electron chi connectivity index (χ2n) is 11.8. The van der Waals surface area contributed by atoms with E-state index in [1.165, 1.54) is 16.7 Å². The van der Waals surface area contributed by atoms with E-state index in [9.17, 15) is 14.4 Å². The van der Waals surface area contributed by atoms with Gasteiger partial charge in [0.25, 0.3) is 0 Å². The maximum atomic E-state index is 12.7. The molecule has 1 unspecified atom stereocenters. The van der Waals surface area contributed by atoms with Crippen LogP contribution in [0.3, 0.4) is 0 Å². The highest BCUT2D eigenvalue weighted by Gasteiger charge is 2.45. The molecule has 1 atom stereocenters. The molecule has 0 aliphatic carbocycles. The van der Waals surface area contributed by atoms with Crippen LogP contribution in [0.25, 0.3) is 0 Å². The molecule has 1 saturated heterocycles. The van der Waals surface area contributed by atoms with E-state index in [4.69, 9.17) is 12.6 Å². The fourth-order valence-corrected chi connectivity index (χ4v) is 4.79. The lowest BCUT2D eigenvalue weighted by Crippen LogP contribution is -2.49. The average molecular weight is 481 g/mol. The second kappa shape index (κ2) is 11.6. The van der Waals surface area contributed by atoms with Crippen LogP contribution < -0.4 is 5.32 Å². The van der Waals surface area contributed by atoms with Crippen LogP contribution in [0.4, 0.5) is 0 Å². The lowest BCUT2D eigenvalue weighted by molar-refractivity contribution is -0.145. The van der Waals surface area contributed by atoms with E-state index in [0.717, 1.165) is 25.0 Å². The van der Waals surface area contributed by atoms with Gasteiger partial charge in [0.15, 0.2) is 0 Å². The first-order valence-electron chi connectivity index (χ1n) is 12.1. The van der Waals surface area contributed by atoms with Gasteiger partial charge in [-0.15, -0.1) is 11.8 Å². The highest BCUT2D eigenvalue weighted by atomic mass is 32.2. The summed E-state index contributed by atoms with van der Waals surface area (Å²) in [6.45, 7) is 18.4. The lowest BCUT2D eigenvalue weighted by atomic mass is 9.70. The minimum Gasteiger partial charge on any atom is -0.376 e. The predicted molar refractivity (Wildman–Crippen MR) is 138 cm³/mol. The molecule has 1 rings (SSSR count). The van der Waals surface area contributed by atoms with Gasteiger partial charge in [0.1, 0.15) is 0 Å². The smallest absolute Gasteiger partial charge is 0.243 e. The Morgan fingerprint density at radius 3 is 2.21 bits per heavy atom. The van der Waals surface area contributed by atoms with Gasteiger partial charge >= 0.3 is 0 Å². The van der Waals surface area contributed by atoms with Gasteiger partial charge in [0, 0.05) is 30.5 Å². The number of hydrogen-bond donors (Lipinski definition) is 1. The summed E-state index contributed by atoms with van der Waals surface area (Å²) < 4.78 is 6.04. The number of likely N-dealkylation sites (tertiary alicyclic amines) is 1. The summed E-state index contributed by atoms with van der Waals surface area (Å²) in [7, 11) is 6.03. The first kappa shape index (κ1) is 30.0. The molecule has 33 heavy (non-hydrogen) atoms. The van der Waals surface area contributed by atoms with Gasteiger partial charge in [-0.3, -0.25) is 19.3 Å². The van der Waals surface area contributed by atoms with Crippen LogP contribution in [0.1, 0.15) is 101 Å². The number of carbonyl (C=O) groups excluding carboxylic acids is 3. The van der Waals surface area contributed by atoms with Crippen LogP contribution in [0, 0.1) is 0 Å². The molecular weight excluding hydrogens is 435 g/mol. The van der Waals surface area contributed by atoms with E-state index in [1.807, 2.05) is 48.5 Å². The third kappa shape index (κ3) is 10.4. The molecule has 0 spiro atoms. The molecule has 1 aliphatic heterocycles. The summed E-state index contributed by atoms with van der Waals surface area (Å²) in [5.74, 6) is 0.451. The Morgan fingerprint density at radius 2 is 1.67 bits per heavy atom. The Morgan fingerprint density at radius 1 is 1.06 bits per heavy atom. The van der Waals surface area contributed by atoms with E-state index in [0.29, 0.717) is 13.0 Å². The van der Waals surface area contributed by atoms with Crippen molar-refractivity contribution in [2.45, 2.75) is 128 Å². The van der Waals surface area contributed by atoms with Crippen molar-refractivity contribution in [3.05, 3.63) is 0 Å². The zero-order valence-corrected chi connectivity index (χ0v) is 23.1. The minimum absolute atomic E-state index is 0.0738. The van der Waals surface area contributed by atoms with Crippen LogP contribution in [-0.4, -0.2) is 64.8 Å². The molecule has 1 aliphatic rings. The average Bonchev–Trinajstić information content (AvgIpc) is 2.91. The fourth-order valence-electron chi connectivity index (χ4n) is 3.88. The maximum absolute atomic E-state index is 12.7. The first-order valence-corrected chi connectivity index (χ1v) is 13.2. The molecular formula is C25H45BN2O4S. The van der Waals surface area contributed by atoms with Crippen molar-refractivity contribution in [2.75, 3.05) is 12.4 Å². The number of nitrogens with zero attached hydrogens (tertiary/aromatic N) is 1. The summed E-state index contributed by atoms with van der Waals surface area (Å²) in [5.41, 5.74) is -1.39. The number of imide groups is 1. The Kier molecular flexibility index (Phi) is 10.6. The molecule has 6 nitrogen and oxygen atoms in total. The normalized spacial score (nSPS) is 18.2. The summed E-state index contributed by atoms with van der Waals surface area (Å²) in [4.78, 5) is 39.3. The second-order valence-corrected chi connectivity index (χ2v) is 13.3. The first-order chi connectivity index (χ1) is 14.9. The van der Waals surface area contributed by atoms with Crippen molar-refractivity contribution in [1.82, 2.24) is 10.2 Å². The van der Waals surface area contributed by atoms with E-state index in [-0.39, 0.29) is 46.7 Å². The summed E-state index contributed by atoms with van der Waals surface area (Å²) in [6, 6.07) is 0. The molecule has 3 amide bonds. The number of nitrogens with one attached hydrogen (secondary N) is 1. The summed E-state index contributed by atoms with van der Waals surface area (Å²) in [6.07, 6.45) is 3.28. The van der Waals surface area contributed by atoms with Gasteiger partial charge in [-0.25, -0.2) is 0 Å². The highest BCUT2D eigenvalue weighted by molar-refractivity contribution is 8.00. The number of ether oxygens (including phenoxy) is 1. The van der Waals surface area contributed by atoms with Gasteiger partial charge in [-0.2, -0.15) is 0 Å². The van der Waals surface area contributed by atoms with Gasteiger partial charge in [0.05, 0.1) is 18.7 Å². The van der Waals surface area contributed by atoms with Crippen LogP contribution in [-0.2, 0) is 19.1 Å². The number of carbonyl (C=O) groups is 3. The van der Waals surface area contributed by atoms with Gasteiger partial charge < -0.3 is 10.1 Å². The van der Waals surface area contributed by atoms with Crippen LogP contribution in [0.15, 0.2) is 0 Å². The monoisotopic (exact) mass is 480 g/mol. The topological polar surface area (TPSA) is 75.7 Å². The molecule has 8 heteroatoms. The number of amides is 3. The van der Waals surface area contributed by atoms with Crippen molar-refractivity contribution in [3.63, 3.8) is 0 Å². The van der Waals surface area contributed by atoms with Gasteiger partial charge in [-0.1, -0.05) is 26.1 Å². The lowest BCUT2D eigenvalue weighted by Gasteiger charge is -2.35. The molecule has 0 bridgehead atoms. The standard InChI is InChI=1S/C25H45BN2O4S/c1-10-33-18-17-20(30)28(21(18)31)24(6,7)12-11-19(29)27-23(4,5)13-14-25(8,9)32-16-15-22(2,3)26/h18H,10-17H2,1-9H3,(H,27,29). The Balaban J connectivity index is 2.54. The summed E-state index contributed by atoms with van der Waals surface area (Å²) >= 11 is 1.51. The van der Waals surface area contributed by atoms with Crippen molar-refractivity contribution in [1.29, 1.82) is 0 Å². The number of rotatable bonds is 14. The molecule has 0 aromatic carbocycles. The fraction of sp³-hybridized carbons (Fsp3) is 0.880. The predicted octanol–water partition coefficient (Wildman–Crippen LogP) is 4.65. The number of hydrogen-bond acceptors (Lipinski definition) is 5. The van der Waals surface area contributed by atoms with E-state index in [1.54, 1.807) is 0 Å². The molecule has 1 heterocycles. The van der Waals surface area contributed by atoms with Crippen LogP contribution in [0.2, 0.25) is 5.31 Å². The highest BCUT2D eigenvalue weighted by Crippen LogP contribution is 2.33. The third-order valence-corrected chi connectivity index (χ3v) is 7.22. The van der Waals surface area contributed by atoms with Crippen molar-refractivity contribution < 1.29 is 19.1 Å². The van der Waals surface area contributed by atoms with Gasteiger partial charge in [0.2, 0.25) is 17.7 Å². The Labute approximate surface area is 207 Å². The molecule has 188 valence electrons. The molecule has 0 aromatic rings. The number of thioether (sulfide) groups is 1. The minimum atomic E-state index is -0.689. The van der Waals surface area contributed by atoms with Crippen molar-refractivity contribution >= 4 is 37.3 Å². The zero-order chi connectivity index (χ0) is 25.7. The van der Waals surface area contributed by atoms with E-state index in [2.05, 4.69) is 19.2 Å². The quantitative estimate of drug-likeness (QED) is 0.289. The third-order valence-electron chi connectivity index (χ3n) is 6.11. The molecule has 2 radical (unpaired) electrons. The molecule has 0 aromatic heterocycles. The zero-order valence-electron chi connectivity index (χ0n) is 22.3. The Bertz CT molecular complexity index is 701. The SMILES string of the molecule is [B]C(C)(C)CCOC(C)(C)CCC(C)(C)NC(=O)CCC(C)(C)N1C(=O)CC(SCC)C1=O. The Hall–Kier alpha value is -1.02. The van der Waals surface area contributed by atoms with Crippen molar-refractivity contribution in [3.8, 4) is 0 Å².